The van der Waals surface area contributed by atoms with Gasteiger partial charge in [-0.05, 0) is 23.8 Å². The summed E-state index contributed by atoms with van der Waals surface area (Å²) in [5.41, 5.74) is -0.577. The third-order valence-electron chi connectivity index (χ3n) is 3.32. The molecule has 1 aliphatic rings. The normalized spacial score (nSPS) is 18.6. The van der Waals surface area contributed by atoms with E-state index in [-0.39, 0.29) is 12.1 Å². The van der Waals surface area contributed by atoms with Crippen LogP contribution in [-0.2, 0) is 11.0 Å². The second-order valence-electron chi connectivity index (χ2n) is 4.59. The first-order chi connectivity index (χ1) is 9.47. The van der Waals surface area contributed by atoms with Crippen LogP contribution >= 0.6 is 0 Å². The molecule has 1 N–H and O–H groups in total. The number of fused-ring (bicyclic) bond motifs is 1. The van der Waals surface area contributed by atoms with E-state index in [0.29, 0.717) is 11.3 Å². The molecule has 0 fully saturated rings. The molecule has 1 amide bonds. The van der Waals surface area contributed by atoms with Crippen molar-refractivity contribution in [1.29, 1.82) is 0 Å². The van der Waals surface area contributed by atoms with Crippen LogP contribution in [0.5, 0.6) is 0 Å². The van der Waals surface area contributed by atoms with E-state index in [9.17, 15) is 18.0 Å². The smallest absolute Gasteiger partial charge is 0.418 e. The molecule has 1 aliphatic heterocycles. The molecule has 0 aliphatic carbocycles. The van der Waals surface area contributed by atoms with E-state index in [1.165, 1.54) is 12.3 Å². The fourth-order valence-corrected chi connectivity index (χ4v) is 2.47. The fraction of sp³-hybridized carbons (Fsp3) is 0.214. The highest BCUT2D eigenvalue weighted by atomic mass is 19.4. The molecule has 1 atom stereocenters. The van der Waals surface area contributed by atoms with Crippen molar-refractivity contribution in [2.75, 3.05) is 5.32 Å². The van der Waals surface area contributed by atoms with Crippen LogP contribution in [0.4, 0.5) is 18.9 Å². The van der Waals surface area contributed by atoms with Gasteiger partial charge in [0, 0.05) is 6.42 Å². The number of benzene rings is 1. The van der Waals surface area contributed by atoms with Gasteiger partial charge in [-0.15, -0.1) is 0 Å². The molecule has 0 bridgehead atoms. The number of carbonyl (C=O) groups excluding carboxylic acids is 1. The maximum absolute atomic E-state index is 13.0. The first kappa shape index (κ1) is 12.8. The third-order valence-corrected chi connectivity index (χ3v) is 3.32. The van der Waals surface area contributed by atoms with Crippen LogP contribution in [0.15, 0.2) is 41.0 Å². The number of alkyl halides is 3. The molecule has 20 heavy (non-hydrogen) atoms. The van der Waals surface area contributed by atoms with E-state index < -0.39 is 23.6 Å². The number of hydrogen-bond donors (Lipinski definition) is 1. The molecule has 3 nitrogen and oxygen atoms in total. The molecule has 2 heterocycles. The molecule has 6 heteroatoms. The Labute approximate surface area is 112 Å². The number of rotatable bonds is 1. The molecule has 104 valence electrons. The van der Waals surface area contributed by atoms with Crippen molar-refractivity contribution in [2.45, 2.75) is 18.5 Å². The SMILES string of the molecule is O=C1CC(c2ccco2)c2cccc(C(F)(F)F)c2N1. The fourth-order valence-electron chi connectivity index (χ4n) is 2.47. The van der Waals surface area contributed by atoms with Gasteiger partial charge < -0.3 is 9.73 Å². The van der Waals surface area contributed by atoms with Crippen LogP contribution in [0.25, 0.3) is 0 Å². The Kier molecular flexibility index (Phi) is 2.81. The second-order valence-corrected chi connectivity index (χ2v) is 4.59. The molecular formula is C14H10F3NO2. The van der Waals surface area contributed by atoms with Crippen molar-refractivity contribution in [3.63, 3.8) is 0 Å². The molecule has 1 aromatic carbocycles. The van der Waals surface area contributed by atoms with Crippen molar-refractivity contribution in [3.8, 4) is 0 Å². The number of nitrogens with one attached hydrogen (secondary N) is 1. The van der Waals surface area contributed by atoms with E-state index >= 15 is 0 Å². The van der Waals surface area contributed by atoms with Gasteiger partial charge in [0.2, 0.25) is 5.91 Å². The van der Waals surface area contributed by atoms with Gasteiger partial charge in [0.25, 0.3) is 0 Å². The molecule has 2 aromatic rings. The Bertz CT molecular complexity index is 647. The van der Waals surface area contributed by atoms with Gasteiger partial charge >= 0.3 is 6.18 Å². The average Bonchev–Trinajstić information content (AvgIpc) is 2.89. The van der Waals surface area contributed by atoms with Crippen LogP contribution in [0.2, 0.25) is 0 Å². The van der Waals surface area contributed by atoms with E-state index in [1.807, 2.05) is 0 Å². The molecule has 0 radical (unpaired) electrons. The van der Waals surface area contributed by atoms with Crippen LogP contribution in [-0.4, -0.2) is 5.91 Å². The largest absolute Gasteiger partial charge is 0.469 e. The van der Waals surface area contributed by atoms with Gasteiger partial charge in [-0.2, -0.15) is 13.2 Å². The van der Waals surface area contributed by atoms with E-state index in [1.54, 1.807) is 18.2 Å². The predicted octanol–water partition coefficient (Wildman–Crippen LogP) is 3.77. The average molecular weight is 281 g/mol. The number of anilines is 1. The summed E-state index contributed by atoms with van der Waals surface area (Å²) in [4.78, 5) is 11.7. The summed E-state index contributed by atoms with van der Waals surface area (Å²) in [7, 11) is 0. The number of halogens is 3. The summed E-state index contributed by atoms with van der Waals surface area (Å²) in [6.45, 7) is 0. The third kappa shape index (κ3) is 2.07. The van der Waals surface area contributed by atoms with Crippen molar-refractivity contribution in [2.24, 2.45) is 0 Å². The molecule has 0 spiro atoms. The number of carbonyl (C=O) groups is 1. The van der Waals surface area contributed by atoms with E-state index in [2.05, 4.69) is 5.32 Å². The molecular weight excluding hydrogens is 271 g/mol. The Morgan fingerprint density at radius 3 is 2.65 bits per heavy atom. The number of hydrogen-bond acceptors (Lipinski definition) is 2. The standard InChI is InChI=1S/C14H10F3NO2/c15-14(16,17)10-4-1-3-8-9(11-5-2-6-20-11)7-12(19)18-13(8)10/h1-6,9H,7H2,(H,18,19). The molecule has 0 saturated heterocycles. The van der Waals surface area contributed by atoms with E-state index in [0.717, 1.165) is 6.07 Å². The highest BCUT2D eigenvalue weighted by molar-refractivity contribution is 5.96. The van der Waals surface area contributed by atoms with Gasteiger partial charge in [0.1, 0.15) is 5.76 Å². The minimum atomic E-state index is -4.51. The van der Waals surface area contributed by atoms with Crippen LogP contribution in [0.3, 0.4) is 0 Å². The first-order valence-corrected chi connectivity index (χ1v) is 6.00. The van der Waals surface area contributed by atoms with Gasteiger partial charge in [0.05, 0.1) is 23.4 Å². The molecule has 0 saturated carbocycles. The van der Waals surface area contributed by atoms with Gasteiger partial charge in [-0.1, -0.05) is 12.1 Å². The monoisotopic (exact) mass is 281 g/mol. The molecule has 1 unspecified atom stereocenters. The lowest BCUT2D eigenvalue weighted by Gasteiger charge is -2.26. The lowest BCUT2D eigenvalue weighted by Crippen LogP contribution is -2.26. The topological polar surface area (TPSA) is 42.2 Å². The maximum atomic E-state index is 13.0. The van der Waals surface area contributed by atoms with E-state index in [4.69, 9.17) is 4.42 Å². The van der Waals surface area contributed by atoms with Crippen molar-refractivity contribution < 1.29 is 22.4 Å². The summed E-state index contributed by atoms with van der Waals surface area (Å²) in [6, 6.07) is 7.19. The van der Waals surface area contributed by atoms with Gasteiger partial charge in [-0.25, -0.2) is 0 Å². The van der Waals surface area contributed by atoms with Crippen molar-refractivity contribution >= 4 is 11.6 Å². The van der Waals surface area contributed by atoms with Crippen molar-refractivity contribution in [3.05, 3.63) is 53.5 Å². The zero-order valence-electron chi connectivity index (χ0n) is 10.2. The number of amides is 1. The number of para-hydroxylation sites is 1. The molecule has 3 rings (SSSR count). The van der Waals surface area contributed by atoms with Crippen LogP contribution in [0.1, 0.15) is 29.2 Å². The van der Waals surface area contributed by atoms with Gasteiger partial charge in [0.15, 0.2) is 0 Å². The lowest BCUT2D eigenvalue weighted by molar-refractivity contribution is -0.137. The van der Waals surface area contributed by atoms with Crippen LogP contribution in [0, 0.1) is 0 Å². The Morgan fingerprint density at radius 2 is 2.00 bits per heavy atom. The zero-order valence-corrected chi connectivity index (χ0v) is 10.2. The second kappa shape index (κ2) is 4.40. The lowest BCUT2D eigenvalue weighted by atomic mass is 9.87. The quantitative estimate of drug-likeness (QED) is 0.864. The first-order valence-electron chi connectivity index (χ1n) is 6.00. The summed E-state index contributed by atoms with van der Waals surface area (Å²) in [6.07, 6.45) is -3.00. The summed E-state index contributed by atoms with van der Waals surface area (Å²) in [5.74, 6) is -0.452. The predicted molar refractivity (Wildman–Crippen MR) is 65.2 cm³/mol. The zero-order chi connectivity index (χ0) is 14.3. The summed E-state index contributed by atoms with van der Waals surface area (Å²) in [5, 5.41) is 2.33. The Morgan fingerprint density at radius 1 is 1.20 bits per heavy atom. The highest BCUT2D eigenvalue weighted by Gasteiger charge is 2.38. The summed E-state index contributed by atoms with van der Waals surface area (Å²) >= 11 is 0. The minimum Gasteiger partial charge on any atom is -0.469 e. The Balaban J connectivity index is 2.17. The Hall–Kier alpha value is -2.24. The number of furan rings is 1. The summed E-state index contributed by atoms with van der Waals surface area (Å²) < 4.78 is 44.2. The molecule has 1 aromatic heterocycles. The minimum absolute atomic E-state index is 0.0713. The maximum Gasteiger partial charge on any atom is 0.418 e. The van der Waals surface area contributed by atoms with Gasteiger partial charge in [-0.3, -0.25) is 4.79 Å². The van der Waals surface area contributed by atoms with Crippen molar-refractivity contribution in [1.82, 2.24) is 0 Å². The van der Waals surface area contributed by atoms with Crippen LogP contribution < -0.4 is 5.32 Å². The highest BCUT2D eigenvalue weighted by Crippen LogP contribution is 2.43.